The Bertz CT molecular complexity index is 1110. The smallest absolute Gasteiger partial charge is 0.335 e. The molecule has 0 aliphatic heterocycles. The van der Waals surface area contributed by atoms with Gasteiger partial charge in [0.2, 0.25) is 0 Å². The van der Waals surface area contributed by atoms with Gasteiger partial charge in [-0.3, -0.25) is 5.10 Å². The van der Waals surface area contributed by atoms with Crippen molar-refractivity contribution in [1.29, 1.82) is 0 Å². The SMILES string of the molecule is COC(COc1ccc(-c2cc(-c3ccc(C(=O)O)cc3)[nH]n2)cc1C1(C)CCCCC1)OC. The lowest BCUT2D eigenvalue weighted by atomic mass is 9.70. The molecule has 1 fully saturated rings. The van der Waals surface area contributed by atoms with Crippen molar-refractivity contribution in [1.82, 2.24) is 10.2 Å². The van der Waals surface area contributed by atoms with Crippen molar-refractivity contribution in [3.05, 3.63) is 59.7 Å². The van der Waals surface area contributed by atoms with Crippen molar-refractivity contribution >= 4 is 5.97 Å². The Morgan fingerprint density at radius 3 is 2.35 bits per heavy atom. The van der Waals surface area contributed by atoms with Crippen LogP contribution in [0.1, 0.15) is 54.9 Å². The van der Waals surface area contributed by atoms with E-state index in [4.69, 9.17) is 19.3 Å². The van der Waals surface area contributed by atoms with Gasteiger partial charge >= 0.3 is 5.97 Å². The van der Waals surface area contributed by atoms with Gasteiger partial charge in [0, 0.05) is 25.3 Å². The van der Waals surface area contributed by atoms with Crippen LogP contribution in [0.3, 0.4) is 0 Å². The molecule has 34 heavy (non-hydrogen) atoms. The molecular weight excluding hydrogens is 432 g/mol. The number of hydrogen-bond donors (Lipinski definition) is 2. The van der Waals surface area contributed by atoms with Gasteiger partial charge in [0.15, 0.2) is 6.29 Å². The van der Waals surface area contributed by atoms with E-state index in [2.05, 4.69) is 23.2 Å². The number of carbonyl (C=O) groups is 1. The zero-order valence-electron chi connectivity index (χ0n) is 20.0. The lowest BCUT2D eigenvalue weighted by Crippen LogP contribution is -2.27. The van der Waals surface area contributed by atoms with E-state index in [1.165, 1.54) is 24.8 Å². The summed E-state index contributed by atoms with van der Waals surface area (Å²) in [5.74, 6) is -0.0857. The molecule has 3 aromatic rings. The number of rotatable bonds is 9. The number of nitrogens with zero attached hydrogens (tertiary/aromatic N) is 1. The molecule has 0 atom stereocenters. The van der Waals surface area contributed by atoms with E-state index in [1.807, 2.05) is 18.2 Å². The van der Waals surface area contributed by atoms with Crippen molar-refractivity contribution in [2.45, 2.75) is 50.7 Å². The zero-order valence-corrected chi connectivity index (χ0v) is 20.0. The van der Waals surface area contributed by atoms with Crippen molar-refractivity contribution in [2.24, 2.45) is 0 Å². The second-order valence-electron chi connectivity index (χ2n) is 9.09. The number of carboxylic acid groups (broad SMARTS) is 1. The Hall–Kier alpha value is -3.16. The maximum atomic E-state index is 11.1. The van der Waals surface area contributed by atoms with Crippen LogP contribution in [0, 0.1) is 0 Å². The first-order chi connectivity index (χ1) is 16.4. The van der Waals surface area contributed by atoms with Crippen molar-refractivity contribution in [3.8, 4) is 28.3 Å². The number of H-pyrrole nitrogens is 1. The number of aromatic carboxylic acids is 1. The van der Waals surface area contributed by atoms with E-state index in [9.17, 15) is 4.79 Å². The molecule has 1 aliphatic carbocycles. The summed E-state index contributed by atoms with van der Waals surface area (Å²) in [7, 11) is 3.21. The minimum absolute atomic E-state index is 0.0328. The molecule has 180 valence electrons. The maximum Gasteiger partial charge on any atom is 0.335 e. The number of nitrogens with one attached hydrogen (secondary N) is 1. The highest BCUT2D eigenvalue weighted by Gasteiger charge is 2.32. The van der Waals surface area contributed by atoms with Gasteiger partial charge in [-0.05, 0) is 60.2 Å². The van der Waals surface area contributed by atoms with Gasteiger partial charge < -0.3 is 19.3 Å². The first-order valence-corrected chi connectivity index (χ1v) is 11.7. The standard InChI is InChI=1S/C27H32N2O5/c1-27(13-5-4-6-14-27)21-15-20(11-12-24(21)34-17-25(32-2)33-3)23-16-22(28-29-23)18-7-9-19(10-8-18)26(30)31/h7-12,15-16,25H,4-6,13-14,17H2,1-3H3,(H,28,29)(H,30,31). The number of hydrogen-bond acceptors (Lipinski definition) is 5. The van der Waals surface area contributed by atoms with Crippen LogP contribution in [0.5, 0.6) is 5.75 Å². The van der Waals surface area contributed by atoms with Gasteiger partial charge in [0.1, 0.15) is 12.4 Å². The van der Waals surface area contributed by atoms with E-state index >= 15 is 0 Å². The van der Waals surface area contributed by atoms with E-state index in [1.54, 1.807) is 38.5 Å². The Labute approximate surface area is 200 Å². The first kappa shape index (κ1) is 24.0. The molecule has 1 aliphatic rings. The summed E-state index contributed by atoms with van der Waals surface area (Å²) in [5.41, 5.74) is 5.03. The minimum Gasteiger partial charge on any atom is -0.488 e. The molecule has 4 rings (SSSR count). The number of aromatic nitrogens is 2. The predicted molar refractivity (Wildman–Crippen MR) is 130 cm³/mol. The van der Waals surface area contributed by atoms with Gasteiger partial charge in [-0.15, -0.1) is 0 Å². The van der Waals surface area contributed by atoms with E-state index in [0.29, 0.717) is 6.61 Å². The highest BCUT2D eigenvalue weighted by molar-refractivity contribution is 5.88. The molecule has 2 N–H and O–H groups in total. The monoisotopic (exact) mass is 464 g/mol. The summed E-state index contributed by atoms with van der Waals surface area (Å²) in [4.78, 5) is 11.1. The van der Waals surface area contributed by atoms with E-state index in [0.717, 1.165) is 41.1 Å². The maximum absolute atomic E-state index is 11.1. The Morgan fingerprint density at radius 1 is 1.03 bits per heavy atom. The van der Waals surface area contributed by atoms with Crippen LogP contribution in [0.4, 0.5) is 0 Å². The molecule has 0 saturated heterocycles. The molecule has 1 aromatic heterocycles. The lowest BCUT2D eigenvalue weighted by molar-refractivity contribution is -0.122. The molecule has 1 saturated carbocycles. The fourth-order valence-electron chi connectivity index (χ4n) is 4.69. The van der Waals surface area contributed by atoms with Crippen LogP contribution in [-0.2, 0) is 14.9 Å². The van der Waals surface area contributed by atoms with Crippen molar-refractivity contribution in [2.75, 3.05) is 20.8 Å². The Morgan fingerprint density at radius 2 is 1.71 bits per heavy atom. The molecule has 0 bridgehead atoms. The summed E-state index contributed by atoms with van der Waals surface area (Å²) < 4.78 is 16.8. The van der Waals surface area contributed by atoms with Gasteiger partial charge in [0.25, 0.3) is 0 Å². The predicted octanol–water partition coefficient (Wildman–Crippen LogP) is 5.66. The fourth-order valence-corrected chi connectivity index (χ4v) is 4.69. The number of methoxy groups -OCH3 is 2. The van der Waals surface area contributed by atoms with Crippen LogP contribution in [0.15, 0.2) is 48.5 Å². The summed E-state index contributed by atoms with van der Waals surface area (Å²) in [5, 5.41) is 16.8. The lowest BCUT2D eigenvalue weighted by Gasteiger charge is -2.35. The molecular formula is C27H32N2O5. The largest absolute Gasteiger partial charge is 0.488 e. The molecule has 0 unspecified atom stereocenters. The van der Waals surface area contributed by atoms with E-state index < -0.39 is 12.3 Å². The van der Waals surface area contributed by atoms with Crippen LogP contribution >= 0.6 is 0 Å². The van der Waals surface area contributed by atoms with Crippen molar-refractivity contribution < 1.29 is 24.1 Å². The quantitative estimate of drug-likeness (QED) is 0.397. The van der Waals surface area contributed by atoms with Crippen LogP contribution in [0.2, 0.25) is 0 Å². The molecule has 1 heterocycles. The highest BCUT2D eigenvalue weighted by Crippen LogP contribution is 2.44. The number of benzene rings is 2. The van der Waals surface area contributed by atoms with Gasteiger partial charge in [-0.25, -0.2) is 4.79 Å². The fraction of sp³-hybridized carbons (Fsp3) is 0.407. The van der Waals surface area contributed by atoms with Crippen molar-refractivity contribution in [3.63, 3.8) is 0 Å². The average molecular weight is 465 g/mol. The summed E-state index contributed by atoms with van der Waals surface area (Å²) >= 11 is 0. The molecule has 7 heteroatoms. The van der Waals surface area contributed by atoms with Gasteiger partial charge in [0.05, 0.1) is 17.0 Å². The van der Waals surface area contributed by atoms with Crippen LogP contribution < -0.4 is 4.74 Å². The number of carboxylic acids is 1. The molecule has 0 spiro atoms. The summed E-state index contributed by atoms with van der Waals surface area (Å²) in [6.07, 6.45) is 5.49. The Balaban J connectivity index is 1.65. The Kier molecular flexibility index (Phi) is 7.34. The first-order valence-electron chi connectivity index (χ1n) is 11.7. The zero-order chi connectivity index (χ0) is 24.1. The molecule has 0 radical (unpaired) electrons. The topological polar surface area (TPSA) is 93.7 Å². The van der Waals surface area contributed by atoms with Gasteiger partial charge in [-0.1, -0.05) is 38.3 Å². The second kappa shape index (κ2) is 10.4. The third-order valence-electron chi connectivity index (χ3n) is 6.80. The molecule has 0 amide bonds. The number of aromatic amines is 1. The van der Waals surface area contributed by atoms with Gasteiger partial charge in [-0.2, -0.15) is 5.10 Å². The third kappa shape index (κ3) is 5.16. The van der Waals surface area contributed by atoms with E-state index in [-0.39, 0.29) is 11.0 Å². The summed E-state index contributed by atoms with van der Waals surface area (Å²) in [6.45, 7) is 2.64. The molecule has 2 aromatic carbocycles. The van der Waals surface area contributed by atoms with Crippen LogP contribution in [0.25, 0.3) is 22.5 Å². The number of ether oxygens (including phenoxy) is 3. The highest BCUT2D eigenvalue weighted by atomic mass is 16.7. The third-order valence-corrected chi connectivity index (χ3v) is 6.80. The second-order valence-corrected chi connectivity index (χ2v) is 9.09. The van der Waals surface area contributed by atoms with Crippen LogP contribution in [-0.4, -0.2) is 48.4 Å². The minimum atomic E-state index is -0.940. The normalized spacial score (nSPS) is 15.4. The average Bonchev–Trinajstić information content (AvgIpc) is 3.35. The summed E-state index contributed by atoms with van der Waals surface area (Å²) in [6, 6.07) is 15.0. The molecule has 7 nitrogen and oxygen atoms in total.